The van der Waals surface area contributed by atoms with E-state index in [2.05, 4.69) is 44.3 Å². The molecule has 9 heteroatoms. The highest BCUT2D eigenvalue weighted by Gasteiger charge is 2.06. The van der Waals surface area contributed by atoms with Crippen LogP contribution >= 0.6 is 35.7 Å². The summed E-state index contributed by atoms with van der Waals surface area (Å²) >= 11 is 1.86. The van der Waals surface area contributed by atoms with Crippen molar-refractivity contribution < 1.29 is 0 Å². The summed E-state index contributed by atoms with van der Waals surface area (Å²) < 4.78 is 4.02. The van der Waals surface area contributed by atoms with Crippen LogP contribution in [-0.4, -0.2) is 43.8 Å². The molecule has 0 aromatic carbocycles. The normalized spacial score (nSPS) is 11.3. The van der Waals surface area contributed by atoms with Crippen LogP contribution < -0.4 is 10.6 Å². The number of aliphatic imine (C=N–C) groups is 1. The summed E-state index contributed by atoms with van der Waals surface area (Å²) in [5.74, 6) is 3.75. The molecule has 0 amide bonds. The summed E-state index contributed by atoms with van der Waals surface area (Å²) in [4.78, 5) is 4.67. The first-order chi connectivity index (χ1) is 11.6. The predicted octanol–water partition coefficient (Wildman–Crippen LogP) is 2.07. The molecule has 2 heterocycles. The van der Waals surface area contributed by atoms with Gasteiger partial charge in [-0.05, 0) is 37.0 Å². The molecule has 0 fully saturated rings. The lowest BCUT2D eigenvalue weighted by atomic mass is 10.3. The first kappa shape index (κ1) is 21.8. The Morgan fingerprint density at radius 3 is 2.68 bits per heavy atom. The van der Waals surface area contributed by atoms with Crippen molar-refractivity contribution in [3.8, 4) is 0 Å². The first-order valence-corrected chi connectivity index (χ1v) is 9.46. The van der Waals surface area contributed by atoms with Crippen LogP contribution in [-0.2, 0) is 27.2 Å². The molecule has 0 aliphatic rings. The third-order valence-electron chi connectivity index (χ3n) is 3.73. The van der Waals surface area contributed by atoms with E-state index in [1.165, 1.54) is 5.56 Å². The van der Waals surface area contributed by atoms with E-state index in [4.69, 9.17) is 0 Å². The van der Waals surface area contributed by atoms with Gasteiger partial charge in [0.2, 0.25) is 0 Å². The van der Waals surface area contributed by atoms with Crippen molar-refractivity contribution in [3.63, 3.8) is 0 Å². The predicted molar refractivity (Wildman–Crippen MR) is 116 cm³/mol. The van der Waals surface area contributed by atoms with Crippen LogP contribution in [0, 0.1) is 6.92 Å². The molecule has 0 aliphatic heterocycles. The average Bonchev–Trinajstić information content (AvgIpc) is 3.13. The summed E-state index contributed by atoms with van der Waals surface area (Å²) in [7, 11) is 3.99. The van der Waals surface area contributed by atoms with Crippen molar-refractivity contribution in [2.45, 2.75) is 26.4 Å². The van der Waals surface area contributed by atoms with Gasteiger partial charge < -0.3 is 19.8 Å². The molecule has 25 heavy (non-hydrogen) atoms. The van der Waals surface area contributed by atoms with Crippen molar-refractivity contribution in [1.82, 2.24) is 30.0 Å². The maximum atomic E-state index is 4.67. The van der Waals surface area contributed by atoms with Gasteiger partial charge in [-0.3, -0.25) is 0 Å². The fraction of sp³-hybridized carbons (Fsp3) is 0.562. The minimum Gasteiger partial charge on any atom is -0.357 e. The van der Waals surface area contributed by atoms with Crippen molar-refractivity contribution >= 4 is 41.7 Å². The Kier molecular flexibility index (Phi) is 9.94. The molecule has 140 valence electrons. The fourth-order valence-electron chi connectivity index (χ4n) is 2.19. The van der Waals surface area contributed by atoms with Gasteiger partial charge >= 0.3 is 0 Å². The second-order valence-corrected chi connectivity index (χ2v) is 6.68. The minimum absolute atomic E-state index is 0. The maximum Gasteiger partial charge on any atom is 0.191 e. The Labute approximate surface area is 171 Å². The van der Waals surface area contributed by atoms with E-state index >= 15 is 0 Å². The maximum absolute atomic E-state index is 4.67. The van der Waals surface area contributed by atoms with Gasteiger partial charge in [-0.15, -0.1) is 34.2 Å². The molecule has 0 aliphatic carbocycles. The van der Waals surface area contributed by atoms with E-state index in [-0.39, 0.29) is 24.0 Å². The molecule has 2 N–H and O–H groups in total. The molecule has 2 aromatic rings. The van der Waals surface area contributed by atoms with Gasteiger partial charge in [0.05, 0.1) is 13.1 Å². The van der Waals surface area contributed by atoms with Gasteiger partial charge in [0, 0.05) is 33.0 Å². The highest BCUT2D eigenvalue weighted by molar-refractivity contribution is 14.0. The van der Waals surface area contributed by atoms with Crippen LogP contribution in [0.2, 0.25) is 0 Å². The number of guanidine groups is 1. The SMILES string of the molecule is CSCCCNC(=NCc1ccn(C)c1)NCc1nnc(C)n1C.I. The lowest BCUT2D eigenvalue weighted by Gasteiger charge is -2.12. The van der Waals surface area contributed by atoms with E-state index < -0.39 is 0 Å². The third kappa shape index (κ3) is 7.27. The summed E-state index contributed by atoms with van der Waals surface area (Å²) in [5, 5.41) is 15.0. The van der Waals surface area contributed by atoms with Crippen molar-refractivity contribution in [2.24, 2.45) is 19.1 Å². The summed E-state index contributed by atoms with van der Waals surface area (Å²) in [6.07, 6.45) is 7.35. The van der Waals surface area contributed by atoms with Crippen molar-refractivity contribution in [2.75, 3.05) is 18.6 Å². The number of halogens is 1. The molecular weight excluding hydrogens is 449 g/mol. The highest BCUT2D eigenvalue weighted by Crippen LogP contribution is 2.02. The second kappa shape index (κ2) is 11.4. The van der Waals surface area contributed by atoms with Crippen LogP contribution in [0.25, 0.3) is 0 Å². The Morgan fingerprint density at radius 2 is 2.08 bits per heavy atom. The van der Waals surface area contributed by atoms with Crippen LogP contribution in [0.4, 0.5) is 0 Å². The lowest BCUT2D eigenvalue weighted by Crippen LogP contribution is -2.38. The number of aryl methyl sites for hydroxylation is 2. The van der Waals surface area contributed by atoms with Gasteiger partial charge in [0.25, 0.3) is 0 Å². The summed E-state index contributed by atoms with van der Waals surface area (Å²) in [6, 6.07) is 2.08. The minimum atomic E-state index is 0. The lowest BCUT2D eigenvalue weighted by molar-refractivity contribution is 0.711. The van der Waals surface area contributed by atoms with Crippen LogP contribution in [0.3, 0.4) is 0 Å². The Hall–Kier alpha value is -1.23. The molecule has 7 nitrogen and oxygen atoms in total. The second-order valence-electron chi connectivity index (χ2n) is 5.70. The van der Waals surface area contributed by atoms with Crippen molar-refractivity contribution in [3.05, 3.63) is 35.7 Å². The number of thioether (sulfide) groups is 1. The zero-order chi connectivity index (χ0) is 17.4. The van der Waals surface area contributed by atoms with E-state index in [1.54, 1.807) is 0 Å². The van der Waals surface area contributed by atoms with Gasteiger partial charge in [0.15, 0.2) is 11.8 Å². The Bertz CT molecular complexity index is 665. The highest BCUT2D eigenvalue weighted by atomic mass is 127. The van der Waals surface area contributed by atoms with Gasteiger partial charge in [-0.25, -0.2) is 4.99 Å². The zero-order valence-electron chi connectivity index (χ0n) is 15.3. The van der Waals surface area contributed by atoms with Gasteiger partial charge in [-0.1, -0.05) is 0 Å². The smallest absolute Gasteiger partial charge is 0.191 e. The molecule has 0 unspecified atom stereocenters. The standard InChI is InChI=1S/C16H27N7S.HI/c1-13-20-21-15(23(13)3)11-19-16(17-7-5-9-24-4)18-10-14-6-8-22(2)12-14;/h6,8,12H,5,7,9-11H2,1-4H3,(H2,17,18,19);1H. The molecular formula is C16H28IN7S. The molecule has 0 saturated heterocycles. The molecule has 0 radical (unpaired) electrons. The number of rotatable bonds is 8. The fourth-order valence-corrected chi connectivity index (χ4v) is 2.62. The number of hydrogen-bond acceptors (Lipinski definition) is 4. The number of hydrogen-bond donors (Lipinski definition) is 2. The summed E-state index contributed by atoms with van der Waals surface area (Å²) in [6.45, 7) is 4.10. The number of nitrogens with one attached hydrogen (secondary N) is 2. The van der Waals surface area contributed by atoms with Crippen LogP contribution in [0.15, 0.2) is 23.5 Å². The molecule has 2 aromatic heterocycles. The van der Waals surface area contributed by atoms with Crippen LogP contribution in [0.1, 0.15) is 23.6 Å². The van der Waals surface area contributed by atoms with E-state index in [0.717, 1.165) is 36.3 Å². The van der Waals surface area contributed by atoms with E-state index in [0.29, 0.717) is 13.1 Å². The first-order valence-electron chi connectivity index (χ1n) is 8.07. The number of nitrogens with zero attached hydrogens (tertiary/aromatic N) is 5. The monoisotopic (exact) mass is 477 g/mol. The molecule has 0 atom stereocenters. The third-order valence-corrected chi connectivity index (χ3v) is 4.42. The molecule has 0 saturated carbocycles. The Morgan fingerprint density at radius 1 is 1.28 bits per heavy atom. The number of aromatic nitrogens is 4. The topological polar surface area (TPSA) is 72.1 Å². The van der Waals surface area contributed by atoms with Crippen LogP contribution in [0.5, 0.6) is 0 Å². The van der Waals surface area contributed by atoms with Gasteiger partial charge in [-0.2, -0.15) is 11.8 Å². The van der Waals surface area contributed by atoms with Crippen molar-refractivity contribution in [1.29, 1.82) is 0 Å². The summed E-state index contributed by atoms with van der Waals surface area (Å²) in [5.41, 5.74) is 1.19. The Balaban J connectivity index is 0.00000312. The quantitative estimate of drug-likeness (QED) is 0.264. The van der Waals surface area contributed by atoms with Gasteiger partial charge in [0.1, 0.15) is 5.82 Å². The van der Waals surface area contributed by atoms with E-state index in [9.17, 15) is 0 Å². The largest absolute Gasteiger partial charge is 0.357 e. The van der Waals surface area contributed by atoms with E-state index in [1.807, 2.05) is 48.1 Å². The molecule has 2 rings (SSSR count). The molecule has 0 spiro atoms. The average molecular weight is 477 g/mol. The molecule has 0 bridgehead atoms. The zero-order valence-corrected chi connectivity index (χ0v) is 18.5.